The molecule has 18 heavy (non-hydrogen) atoms. The van der Waals surface area contributed by atoms with E-state index in [0.29, 0.717) is 0 Å². The summed E-state index contributed by atoms with van der Waals surface area (Å²) >= 11 is 0. The monoisotopic (exact) mass is 243 g/mol. The summed E-state index contributed by atoms with van der Waals surface area (Å²) in [7, 11) is 0. The minimum absolute atomic E-state index is 0.901. The number of nitrogens with zero attached hydrogens (tertiary/aromatic N) is 2. The van der Waals surface area contributed by atoms with Crippen LogP contribution in [0.5, 0.6) is 0 Å². The minimum Gasteiger partial charge on any atom is -0.313 e. The first-order valence-electron chi connectivity index (χ1n) is 6.55. The van der Waals surface area contributed by atoms with Crippen molar-refractivity contribution in [1.82, 2.24) is 15.1 Å². The molecule has 1 heterocycles. The molecule has 1 N–H and O–H groups in total. The molecule has 0 atom stereocenters. The summed E-state index contributed by atoms with van der Waals surface area (Å²) in [5.41, 5.74) is 4.77. The molecule has 0 saturated carbocycles. The van der Waals surface area contributed by atoms with Crippen LogP contribution in [-0.4, -0.2) is 16.3 Å². The Morgan fingerprint density at radius 1 is 1.17 bits per heavy atom. The van der Waals surface area contributed by atoms with Gasteiger partial charge in [0, 0.05) is 17.8 Å². The van der Waals surface area contributed by atoms with E-state index in [1.807, 2.05) is 22.9 Å². The standard InChI is InChI=1S/C15H21N3/c1-4-10-16-11-15-12(2)17-18(13(15)3)14-8-6-5-7-9-14/h5-9,16H,4,10-11H2,1-3H3. The average molecular weight is 243 g/mol. The third-order valence-electron chi connectivity index (χ3n) is 3.17. The van der Waals surface area contributed by atoms with Crippen LogP contribution in [0.4, 0.5) is 0 Å². The van der Waals surface area contributed by atoms with Gasteiger partial charge in [-0.2, -0.15) is 5.10 Å². The number of rotatable bonds is 5. The molecule has 0 aliphatic heterocycles. The van der Waals surface area contributed by atoms with Crippen LogP contribution in [0.25, 0.3) is 5.69 Å². The first kappa shape index (κ1) is 12.8. The molecule has 0 saturated heterocycles. The van der Waals surface area contributed by atoms with Crippen molar-refractivity contribution in [2.75, 3.05) is 6.54 Å². The maximum absolute atomic E-state index is 4.64. The second-order valence-corrected chi connectivity index (χ2v) is 4.57. The Morgan fingerprint density at radius 3 is 2.56 bits per heavy atom. The molecule has 1 aromatic heterocycles. The molecule has 1 aromatic carbocycles. The predicted molar refractivity (Wildman–Crippen MR) is 75.0 cm³/mol. The topological polar surface area (TPSA) is 29.9 Å². The molecule has 0 spiro atoms. The minimum atomic E-state index is 0.901. The fourth-order valence-electron chi connectivity index (χ4n) is 2.14. The lowest BCUT2D eigenvalue weighted by Crippen LogP contribution is -2.15. The SMILES string of the molecule is CCCNCc1c(C)nn(-c2ccccc2)c1C. The van der Waals surface area contributed by atoms with Gasteiger partial charge in [-0.25, -0.2) is 4.68 Å². The van der Waals surface area contributed by atoms with Crippen molar-refractivity contribution in [2.45, 2.75) is 33.7 Å². The van der Waals surface area contributed by atoms with Crippen LogP contribution in [0.3, 0.4) is 0 Å². The van der Waals surface area contributed by atoms with Crippen LogP contribution in [-0.2, 0) is 6.54 Å². The molecular formula is C15H21N3. The largest absolute Gasteiger partial charge is 0.313 e. The summed E-state index contributed by atoms with van der Waals surface area (Å²) in [5.74, 6) is 0. The fraction of sp³-hybridized carbons (Fsp3) is 0.400. The van der Waals surface area contributed by atoms with Crippen LogP contribution < -0.4 is 5.32 Å². The van der Waals surface area contributed by atoms with Gasteiger partial charge in [-0.1, -0.05) is 25.1 Å². The number of para-hydroxylation sites is 1. The van der Waals surface area contributed by atoms with E-state index in [2.05, 4.69) is 43.3 Å². The molecule has 2 rings (SSSR count). The molecule has 0 aliphatic rings. The van der Waals surface area contributed by atoms with Crippen LogP contribution in [0, 0.1) is 13.8 Å². The quantitative estimate of drug-likeness (QED) is 0.818. The number of benzene rings is 1. The van der Waals surface area contributed by atoms with Gasteiger partial charge in [0.2, 0.25) is 0 Å². The predicted octanol–water partition coefficient (Wildman–Crippen LogP) is 2.99. The lowest BCUT2D eigenvalue weighted by Gasteiger charge is -2.06. The van der Waals surface area contributed by atoms with E-state index < -0.39 is 0 Å². The summed E-state index contributed by atoms with van der Waals surface area (Å²) in [5, 5.41) is 8.08. The normalized spacial score (nSPS) is 10.8. The molecule has 0 bridgehead atoms. The average Bonchev–Trinajstić information content (AvgIpc) is 2.68. The van der Waals surface area contributed by atoms with Gasteiger partial charge in [-0.3, -0.25) is 0 Å². The lowest BCUT2D eigenvalue weighted by molar-refractivity contribution is 0.670. The van der Waals surface area contributed by atoms with Gasteiger partial charge in [-0.05, 0) is 38.9 Å². The molecule has 0 fully saturated rings. The highest BCUT2D eigenvalue weighted by molar-refractivity contribution is 5.36. The summed E-state index contributed by atoms with van der Waals surface area (Å²) < 4.78 is 2.03. The first-order chi connectivity index (χ1) is 8.74. The second kappa shape index (κ2) is 5.83. The van der Waals surface area contributed by atoms with Crippen molar-refractivity contribution in [1.29, 1.82) is 0 Å². The smallest absolute Gasteiger partial charge is 0.0648 e. The highest BCUT2D eigenvalue weighted by atomic mass is 15.3. The van der Waals surface area contributed by atoms with E-state index >= 15 is 0 Å². The number of nitrogens with one attached hydrogen (secondary N) is 1. The molecule has 2 aromatic rings. The molecule has 3 heteroatoms. The number of aromatic nitrogens is 2. The second-order valence-electron chi connectivity index (χ2n) is 4.57. The Morgan fingerprint density at radius 2 is 1.89 bits per heavy atom. The van der Waals surface area contributed by atoms with Crippen molar-refractivity contribution in [3.05, 3.63) is 47.3 Å². The Labute approximate surface area is 109 Å². The van der Waals surface area contributed by atoms with Crippen LogP contribution >= 0.6 is 0 Å². The van der Waals surface area contributed by atoms with Gasteiger partial charge < -0.3 is 5.32 Å². The zero-order valence-electron chi connectivity index (χ0n) is 11.4. The molecule has 96 valence electrons. The Hall–Kier alpha value is -1.61. The maximum Gasteiger partial charge on any atom is 0.0648 e. The van der Waals surface area contributed by atoms with Crippen LogP contribution in [0.15, 0.2) is 30.3 Å². The van der Waals surface area contributed by atoms with Crippen molar-refractivity contribution < 1.29 is 0 Å². The first-order valence-corrected chi connectivity index (χ1v) is 6.55. The lowest BCUT2D eigenvalue weighted by atomic mass is 10.2. The third kappa shape index (κ3) is 2.62. The van der Waals surface area contributed by atoms with Gasteiger partial charge in [0.1, 0.15) is 0 Å². The van der Waals surface area contributed by atoms with Crippen molar-refractivity contribution in [2.24, 2.45) is 0 Å². The molecule has 0 radical (unpaired) electrons. The van der Waals surface area contributed by atoms with E-state index in [1.54, 1.807) is 0 Å². The molecule has 3 nitrogen and oxygen atoms in total. The summed E-state index contributed by atoms with van der Waals surface area (Å²) in [6.45, 7) is 8.35. The molecule has 0 amide bonds. The van der Waals surface area contributed by atoms with Gasteiger partial charge in [0.05, 0.1) is 11.4 Å². The highest BCUT2D eigenvalue weighted by Gasteiger charge is 2.11. The molecule has 0 unspecified atom stereocenters. The van der Waals surface area contributed by atoms with Crippen molar-refractivity contribution >= 4 is 0 Å². The maximum atomic E-state index is 4.64. The summed E-state index contributed by atoms with van der Waals surface area (Å²) in [4.78, 5) is 0. The number of hydrogen-bond donors (Lipinski definition) is 1. The number of aryl methyl sites for hydroxylation is 1. The highest BCUT2D eigenvalue weighted by Crippen LogP contribution is 2.17. The van der Waals surface area contributed by atoms with Crippen molar-refractivity contribution in [3.8, 4) is 5.69 Å². The van der Waals surface area contributed by atoms with Crippen LogP contribution in [0.1, 0.15) is 30.3 Å². The summed E-state index contributed by atoms with van der Waals surface area (Å²) in [6, 6.07) is 10.3. The third-order valence-corrected chi connectivity index (χ3v) is 3.17. The van der Waals surface area contributed by atoms with Gasteiger partial charge in [-0.15, -0.1) is 0 Å². The van der Waals surface area contributed by atoms with Gasteiger partial charge in [0.15, 0.2) is 0 Å². The van der Waals surface area contributed by atoms with Gasteiger partial charge >= 0.3 is 0 Å². The molecule has 0 aliphatic carbocycles. The zero-order valence-corrected chi connectivity index (χ0v) is 11.4. The fourth-order valence-corrected chi connectivity index (χ4v) is 2.14. The van der Waals surface area contributed by atoms with E-state index in [1.165, 1.54) is 11.3 Å². The van der Waals surface area contributed by atoms with Crippen LogP contribution in [0.2, 0.25) is 0 Å². The Kier molecular flexibility index (Phi) is 4.15. The van der Waals surface area contributed by atoms with E-state index in [0.717, 1.165) is 30.9 Å². The zero-order chi connectivity index (χ0) is 13.0. The van der Waals surface area contributed by atoms with Gasteiger partial charge in [0.25, 0.3) is 0 Å². The Balaban J connectivity index is 2.26. The van der Waals surface area contributed by atoms with Crippen molar-refractivity contribution in [3.63, 3.8) is 0 Å². The molecular weight excluding hydrogens is 222 g/mol. The van der Waals surface area contributed by atoms with E-state index in [-0.39, 0.29) is 0 Å². The Bertz CT molecular complexity index is 500. The summed E-state index contributed by atoms with van der Waals surface area (Å²) in [6.07, 6.45) is 1.16. The number of hydrogen-bond acceptors (Lipinski definition) is 2. The van der Waals surface area contributed by atoms with E-state index in [4.69, 9.17) is 0 Å². The van der Waals surface area contributed by atoms with E-state index in [9.17, 15) is 0 Å².